The Hall–Kier alpha value is -5.54. The Balaban J connectivity index is 1.23. The van der Waals surface area contributed by atoms with Gasteiger partial charge in [-0.3, -0.25) is 14.4 Å². The quantitative estimate of drug-likeness (QED) is 0.0958. The lowest BCUT2D eigenvalue weighted by molar-refractivity contribution is -0.114. The van der Waals surface area contributed by atoms with E-state index in [0.717, 1.165) is 21.8 Å². The van der Waals surface area contributed by atoms with Crippen molar-refractivity contribution >= 4 is 46.9 Å². The van der Waals surface area contributed by atoms with Gasteiger partial charge in [0.15, 0.2) is 0 Å². The highest BCUT2D eigenvalue weighted by Gasteiger charge is 2.16. The van der Waals surface area contributed by atoms with Gasteiger partial charge in [0, 0.05) is 33.5 Å². The van der Waals surface area contributed by atoms with E-state index in [-0.39, 0.29) is 17.4 Å². The molecular formula is C37H33N3O5S. The molecule has 0 aliphatic carbocycles. The van der Waals surface area contributed by atoms with Crippen molar-refractivity contribution in [2.24, 2.45) is 0 Å². The molecule has 0 radical (unpaired) electrons. The summed E-state index contributed by atoms with van der Waals surface area (Å²) in [5.74, 6) is 0.919. The summed E-state index contributed by atoms with van der Waals surface area (Å²) in [6.45, 7) is 4.50. The highest BCUT2D eigenvalue weighted by atomic mass is 32.2. The van der Waals surface area contributed by atoms with Gasteiger partial charge in [0.2, 0.25) is 5.91 Å². The molecule has 0 saturated carbocycles. The van der Waals surface area contributed by atoms with E-state index >= 15 is 0 Å². The molecule has 46 heavy (non-hydrogen) atoms. The second-order valence-corrected chi connectivity index (χ2v) is 11.3. The van der Waals surface area contributed by atoms with Crippen LogP contribution in [-0.4, -0.2) is 30.1 Å². The van der Waals surface area contributed by atoms with E-state index < -0.39 is 11.8 Å². The number of furan rings is 1. The van der Waals surface area contributed by atoms with Gasteiger partial charge in [-0.15, -0.1) is 11.8 Å². The Morgan fingerprint density at radius 3 is 2.15 bits per heavy atom. The van der Waals surface area contributed by atoms with Crippen molar-refractivity contribution in [1.29, 1.82) is 0 Å². The highest BCUT2D eigenvalue weighted by Crippen LogP contribution is 2.25. The average Bonchev–Trinajstić information content (AvgIpc) is 3.54. The largest absolute Gasteiger partial charge is 0.494 e. The summed E-state index contributed by atoms with van der Waals surface area (Å²) in [4.78, 5) is 39.7. The van der Waals surface area contributed by atoms with Crippen molar-refractivity contribution in [2.75, 3.05) is 23.0 Å². The summed E-state index contributed by atoms with van der Waals surface area (Å²) in [5, 5.41) is 8.44. The average molecular weight is 632 g/mol. The Morgan fingerprint density at radius 1 is 0.783 bits per heavy atom. The highest BCUT2D eigenvalue weighted by molar-refractivity contribution is 8.00. The van der Waals surface area contributed by atoms with E-state index in [1.807, 2.05) is 74.5 Å². The SMILES string of the molecule is CCOc1ccc(NC(=O)CSc2ccc(NC(=O)C(=Cc3ccc(-c4ccc(C)cc4)o3)NC(=O)c3ccccc3)cc2)cc1. The minimum absolute atomic E-state index is 0.0167. The van der Waals surface area contributed by atoms with Crippen molar-refractivity contribution in [3.63, 3.8) is 0 Å². The zero-order valence-electron chi connectivity index (χ0n) is 25.4. The van der Waals surface area contributed by atoms with Crippen LogP contribution in [0.1, 0.15) is 28.6 Å². The number of hydrogen-bond acceptors (Lipinski definition) is 6. The first-order chi connectivity index (χ1) is 22.4. The summed E-state index contributed by atoms with van der Waals surface area (Å²) in [5.41, 5.74) is 3.67. The summed E-state index contributed by atoms with van der Waals surface area (Å²) in [6.07, 6.45) is 1.50. The van der Waals surface area contributed by atoms with Crippen LogP contribution in [0.2, 0.25) is 0 Å². The predicted molar refractivity (Wildman–Crippen MR) is 183 cm³/mol. The third-order valence-corrected chi connectivity index (χ3v) is 7.72. The minimum atomic E-state index is -0.521. The van der Waals surface area contributed by atoms with E-state index in [4.69, 9.17) is 9.15 Å². The van der Waals surface area contributed by atoms with Gasteiger partial charge in [-0.25, -0.2) is 0 Å². The predicted octanol–water partition coefficient (Wildman–Crippen LogP) is 7.79. The molecule has 0 fully saturated rings. The number of hydrogen-bond donors (Lipinski definition) is 3. The second kappa shape index (κ2) is 15.5. The maximum atomic E-state index is 13.4. The molecule has 3 amide bonds. The van der Waals surface area contributed by atoms with Crippen LogP contribution in [0.25, 0.3) is 17.4 Å². The summed E-state index contributed by atoms with van der Waals surface area (Å²) < 4.78 is 11.4. The van der Waals surface area contributed by atoms with Crippen LogP contribution in [-0.2, 0) is 9.59 Å². The van der Waals surface area contributed by atoms with Gasteiger partial charge in [-0.05, 0) is 86.6 Å². The van der Waals surface area contributed by atoms with E-state index in [2.05, 4.69) is 16.0 Å². The third-order valence-electron chi connectivity index (χ3n) is 6.71. The molecule has 0 aliphatic rings. The number of anilines is 2. The number of nitrogens with one attached hydrogen (secondary N) is 3. The Labute approximate surface area is 271 Å². The van der Waals surface area contributed by atoms with Crippen molar-refractivity contribution < 1.29 is 23.5 Å². The van der Waals surface area contributed by atoms with Crippen molar-refractivity contribution in [1.82, 2.24) is 5.32 Å². The van der Waals surface area contributed by atoms with Gasteiger partial charge >= 0.3 is 0 Å². The lowest BCUT2D eigenvalue weighted by atomic mass is 10.1. The first kappa shape index (κ1) is 31.9. The second-order valence-electron chi connectivity index (χ2n) is 10.2. The lowest BCUT2D eigenvalue weighted by Gasteiger charge is -2.11. The van der Waals surface area contributed by atoms with E-state index in [0.29, 0.717) is 35.1 Å². The molecule has 0 spiro atoms. The number of rotatable bonds is 12. The molecule has 0 bridgehead atoms. The molecule has 9 heteroatoms. The molecule has 5 rings (SSSR count). The van der Waals surface area contributed by atoms with Gasteiger partial charge in [0.1, 0.15) is 23.0 Å². The lowest BCUT2D eigenvalue weighted by Crippen LogP contribution is -2.30. The molecule has 0 atom stereocenters. The Kier molecular flexibility index (Phi) is 10.7. The van der Waals surface area contributed by atoms with Gasteiger partial charge in [0.25, 0.3) is 11.8 Å². The topological polar surface area (TPSA) is 110 Å². The molecule has 5 aromatic rings. The summed E-state index contributed by atoms with van der Waals surface area (Å²) in [6, 6.07) is 34.5. The fourth-order valence-corrected chi connectivity index (χ4v) is 5.07. The molecule has 3 N–H and O–H groups in total. The van der Waals surface area contributed by atoms with E-state index in [9.17, 15) is 14.4 Å². The van der Waals surface area contributed by atoms with Crippen LogP contribution in [0.3, 0.4) is 0 Å². The molecule has 0 saturated heterocycles. The number of carbonyl (C=O) groups is 3. The summed E-state index contributed by atoms with van der Waals surface area (Å²) in [7, 11) is 0. The molecule has 1 heterocycles. The molecule has 0 unspecified atom stereocenters. The van der Waals surface area contributed by atoms with Gasteiger partial charge < -0.3 is 25.1 Å². The number of amides is 3. The maximum absolute atomic E-state index is 13.4. The number of ether oxygens (including phenoxy) is 1. The Bertz CT molecular complexity index is 1810. The number of aryl methyl sites for hydroxylation is 1. The van der Waals surface area contributed by atoms with Gasteiger partial charge in [-0.2, -0.15) is 0 Å². The van der Waals surface area contributed by atoms with Crippen LogP contribution in [0.4, 0.5) is 11.4 Å². The van der Waals surface area contributed by atoms with Crippen LogP contribution in [0, 0.1) is 6.92 Å². The molecule has 1 aromatic heterocycles. The fourth-order valence-electron chi connectivity index (χ4n) is 4.37. The normalized spacial score (nSPS) is 11.0. The number of thioether (sulfide) groups is 1. The van der Waals surface area contributed by atoms with Gasteiger partial charge in [0.05, 0.1) is 12.4 Å². The zero-order chi connectivity index (χ0) is 32.3. The molecular weight excluding hydrogens is 598 g/mol. The standard InChI is InChI=1S/C37H33N3O5S/c1-3-44-30-17-13-28(14-18-30)38-35(41)24-46-32-20-15-29(16-21-32)39-37(43)33(40-36(42)27-7-5-4-6-8-27)23-31-19-22-34(45-31)26-11-9-25(2)10-12-26/h4-23H,3,24H2,1-2H3,(H,38,41)(H,39,43)(H,40,42). The van der Waals surface area contributed by atoms with Crippen LogP contribution in [0.5, 0.6) is 5.75 Å². The Morgan fingerprint density at radius 2 is 1.46 bits per heavy atom. The van der Waals surface area contributed by atoms with Crippen molar-refractivity contribution in [2.45, 2.75) is 18.7 Å². The minimum Gasteiger partial charge on any atom is -0.494 e. The van der Waals surface area contributed by atoms with Gasteiger partial charge in [-0.1, -0.05) is 48.0 Å². The van der Waals surface area contributed by atoms with Crippen molar-refractivity contribution in [3.8, 4) is 17.1 Å². The molecule has 0 aliphatic heterocycles. The van der Waals surface area contributed by atoms with Crippen molar-refractivity contribution in [3.05, 3.63) is 138 Å². The van der Waals surface area contributed by atoms with Crippen LogP contribution < -0.4 is 20.7 Å². The first-order valence-corrected chi connectivity index (χ1v) is 15.7. The molecule has 4 aromatic carbocycles. The maximum Gasteiger partial charge on any atom is 0.272 e. The van der Waals surface area contributed by atoms with Crippen LogP contribution in [0.15, 0.2) is 130 Å². The molecule has 8 nitrogen and oxygen atoms in total. The monoisotopic (exact) mass is 631 g/mol. The fraction of sp³-hybridized carbons (Fsp3) is 0.108. The first-order valence-electron chi connectivity index (χ1n) is 14.7. The summed E-state index contributed by atoms with van der Waals surface area (Å²) >= 11 is 1.37. The van der Waals surface area contributed by atoms with E-state index in [1.165, 1.54) is 17.8 Å². The molecule has 232 valence electrons. The smallest absolute Gasteiger partial charge is 0.272 e. The van der Waals surface area contributed by atoms with E-state index in [1.54, 1.807) is 54.6 Å². The zero-order valence-corrected chi connectivity index (χ0v) is 26.2. The number of carbonyl (C=O) groups excluding carboxylic acids is 3. The third kappa shape index (κ3) is 8.99. The number of benzene rings is 4. The van der Waals surface area contributed by atoms with Crippen LogP contribution >= 0.6 is 11.8 Å².